The van der Waals surface area contributed by atoms with Crippen LogP contribution in [-0.2, 0) is 19.7 Å². The molecule has 86 valence electrons. The first-order valence-electron chi connectivity index (χ1n) is 4.33. The zero-order chi connectivity index (χ0) is 12.5. The molecule has 0 aromatic rings. The maximum absolute atomic E-state index is 11.6. The molecule has 17 heavy (non-hydrogen) atoms. The normalized spacial score (nSPS) is 19.3. The van der Waals surface area contributed by atoms with Crippen LogP contribution in [0.25, 0.3) is 0 Å². The van der Waals surface area contributed by atoms with Gasteiger partial charge in [-0.05, 0) is 18.6 Å². The Balaban J connectivity index is 0.00000256. The van der Waals surface area contributed by atoms with Crippen LogP contribution in [0.15, 0.2) is 35.3 Å². The van der Waals surface area contributed by atoms with E-state index >= 15 is 0 Å². The standard InChI is InChI=1S/C10H10O5S.Na/c1-6(2)9(11)7-4-3-5-8(10(7)12)16(13,14)15;/h3-5,7H,1H2,2H3,(H,13,14,15);/q;+1/p-1. The predicted octanol–water partition coefficient (Wildman–Crippen LogP) is -2.68. The molecule has 0 aliphatic heterocycles. The van der Waals surface area contributed by atoms with E-state index in [0.29, 0.717) is 0 Å². The summed E-state index contributed by atoms with van der Waals surface area (Å²) in [7, 11) is -4.84. The minimum atomic E-state index is -4.84. The summed E-state index contributed by atoms with van der Waals surface area (Å²) < 4.78 is 32.2. The molecule has 0 heterocycles. The molecule has 0 amide bonds. The number of hydrogen-bond acceptors (Lipinski definition) is 5. The largest absolute Gasteiger partial charge is 1.00 e. The molecule has 0 N–H and O–H groups in total. The second-order valence-electron chi connectivity index (χ2n) is 3.36. The van der Waals surface area contributed by atoms with Crippen molar-refractivity contribution in [1.82, 2.24) is 0 Å². The van der Waals surface area contributed by atoms with Gasteiger partial charge in [0.2, 0.25) is 0 Å². The summed E-state index contributed by atoms with van der Waals surface area (Å²) in [6, 6.07) is 0. The monoisotopic (exact) mass is 264 g/mol. The average molecular weight is 264 g/mol. The van der Waals surface area contributed by atoms with Crippen LogP contribution < -0.4 is 29.6 Å². The van der Waals surface area contributed by atoms with Crippen LogP contribution in [0.2, 0.25) is 0 Å². The second kappa shape index (κ2) is 5.88. The number of allylic oxidation sites excluding steroid dienone is 5. The van der Waals surface area contributed by atoms with Gasteiger partial charge in [0.1, 0.15) is 16.0 Å². The van der Waals surface area contributed by atoms with E-state index in [9.17, 15) is 22.6 Å². The summed E-state index contributed by atoms with van der Waals surface area (Å²) in [5, 5.41) is 0. The van der Waals surface area contributed by atoms with Crippen molar-refractivity contribution < 1.29 is 52.1 Å². The van der Waals surface area contributed by atoms with Gasteiger partial charge in [-0.25, -0.2) is 8.42 Å². The topological polar surface area (TPSA) is 91.3 Å². The molecular weight excluding hydrogens is 255 g/mol. The Morgan fingerprint density at radius 3 is 2.41 bits per heavy atom. The molecule has 0 aromatic heterocycles. The van der Waals surface area contributed by atoms with Crippen LogP contribution in [0, 0.1) is 5.92 Å². The summed E-state index contributed by atoms with van der Waals surface area (Å²) in [5.41, 5.74) is 0.132. The first kappa shape index (κ1) is 16.5. The van der Waals surface area contributed by atoms with Crippen molar-refractivity contribution in [2.75, 3.05) is 0 Å². The van der Waals surface area contributed by atoms with Crippen molar-refractivity contribution >= 4 is 21.7 Å². The molecule has 7 heteroatoms. The van der Waals surface area contributed by atoms with Crippen molar-refractivity contribution in [3.8, 4) is 0 Å². The minimum Gasteiger partial charge on any atom is -0.744 e. The van der Waals surface area contributed by atoms with E-state index in [-0.39, 0.29) is 35.1 Å². The Kier molecular flexibility index (Phi) is 5.70. The van der Waals surface area contributed by atoms with Gasteiger partial charge in [-0.2, -0.15) is 0 Å². The van der Waals surface area contributed by atoms with Gasteiger partial charge in [0, 0.05) is 0 Å². The molecule has 0 radical (unpaired) electrons. The molecule has 0 saturated carbocycles. The van der Waals surface area contributed by atoms with Gasteiger partial charge in [0.05, 0.1) is 4.91 Å². The van der Waals surface area contributed by atoms with Crippen LogP contribution >= 0.6 is 0 Å². The Morgan fingerprint density at radius 2 is 2.00 bits per heavy atom. The van der Waals surface area contributed by atoms with Crippen molar-refractivity contribution in [1.29, 1.82) is 0 Å². The maximum Gasteiger partial charge on any atom is 1.00 e. The van der Waals surface area contributed by atoms with Gasteiger partial charge >= 0.3 is 29.6 Å². The summed E-state index contributed by atoms with van der Waals surface area (Å²) in [5.74, 6) is -2.83. The number of carbonyl (C=O) groups is 2. The van der Waals surface area contributed by atoms with E-state index in [1.165, 1.54) is 19.1 Å². The number of Topliss-reactive ketones (excluding diaryl/α,β-unsaturated/α-hetero) is 2. The minimum absolute atomic E-state index is 0. The molecule has 1 aliphatic carbocycles. The fourth-order valence-electron chi connectivity index (χ4n) is 1.26. The molecule has 1 rings (SSSR count). The molecule has 5 nitrogen and oxygen atoms in total. The third-order valence-electron chi connectivity index (χ3n) is 2.05. The van der Waals surface area contributed by atoms with Crippen molar-refractivity contribution in [2.24, 2.45) is 5.92 Å². The number of hydrogen-bond donors (Lipinski definition) is 0. The molecule has 1 aliphatic rings. The van der Waals surface area contributed by atoms with E-state index in [1.54, 1.807) is 0 Å². The van der Waals surface area contributed by atoms with Crippen LogP contribution in [-0.4, -0.2) is 24.5 Å². The van der Waals surface area contributed by atoms with E-state index in [2.05, 4.69) is 6.58 Å². The summed E-state index contributed by atoms with van der Waals surface area (Å²) in [6.07, 6.45) is 3.35. The zero-order valence-corrected chi connectivity index (χ0v) is 12.3. The Morgan fingerprint density at radius 1 is 1.47 bits per heavy atom. The zero-order valence-electron chi connectivity index (χ0n) is 9.47. The van der Waals surface area contributed by atoms with Gasteiger partial charge < -0.3 is 4.55 Å². The van der Waals surface area contributed by atoms with E-state index in [0.717, 1.165) is 6.08 Å². The number of ketones is 2. The first-order chi connectivity index (χ1) is 7.25. The first-order valence-corrected chi connectivity index (χ1v) is 5.74. The van der Waals surface area contributed by atoms with Gasteiger partial charge in [-0.15, -0.1) is 0 Å². The molecule has 0 spiro atoms. The van der Waals surface area contributed by atoms with Crippen LogP contribution in [0.5, 0.6) is 0 Å². The number of carbonyl (C=O) groups excluding carboxylic acids is 2. The molecule has 0 aromatic carbocycles. The van der Waals surface area contributed by atoms with Crippen molar-refractivity contribution in [2.45, 2.75) is 6.92 Å². The molecule has 0 fully saturated rings. The van der Waals surface area contributed by atoms with Gasteiger partial charge in [-0.1, -0.05) is 18.7 Å². The van der Waals surface area contributed by atoms with Crippen LogP contribution in [0.4, 0.5) is 0 Å². The van der Waals surface area contributed by atoms with E-state index in [1.807, 2.05) is 0 Å². The van der Waals surface area contributed by atoms with Gasteiger partial charge in [-0.3, -0.25) is 9.59 Å². The van der Waals surface area contributed by atoms with Crippen LogP contribution in [0.3, 0.4) is 0 Å². The van der Waals surface area contributed by atoms with Crippen molar-refractivity contribution in [3.63, 3.8) is 0 Å². The Hall–Kier alpha value is -0.530. The van der Waals surface area contributed by atoms with Crippen LogP contribution in [0.1, 0.15) is 6.92 Å². The fraction of sp³-hybridized carbons (Fsp3) is 0.200. The Bertz CT molecular complexity index is 527. The third kappa shape index (κ3) is 3.72. The number of rotatable bonds is 3. The maximum atomic E-state index is 11.6. The third-order valence-corrected chi connectivity index (χ3v) is 2.92. The second-order valence-corrected chi connectivity index (χ2v) is 4.70. The molecular formula is C10H9NaO5S. The van der Waals surface area contributed by atoms with Crippen molar-refractivity contribution in [3.05, 3.63) is 35.3 Å². The van der Waals surface area contributed by atoms with Gasteiger partial charge in [0.25, 0.3) is 0 Å². The average Bonchev–Trinajstić information content (AvgIpc) is 2.15. The molecule has 1 unspecified atom stereocenters. The summed E-state index contributed by atoms with van der Waals surface area (Å²) in [4.78, 5) is 22.2. The quantitative estimate of drug-likeness (QED) is 0.240. The SMILES string of the molecule is C=C(C)C(=O)C1C=CC=C(S(=O)(=O)[O-])C1=O.[Na+]. The molecule has 0 bridgehead atoms. The molecule has 0 saturated heterocycles. The Labute approximate surface area is 121 Å². The summed E-state index contributed by atoms with van der Waals surface area (Å²) >= 11 is 0. The van der Waals surface area contributed by atoms with E-state index in [4.69, 9.17) is 0 Å². The predicted molar refractivity (Wildman–Crippen MR) is 55.2 cm³/mol. The fourth-order valence-corrected chi connectivity index (χ4v) is 1.87. The molecule has 1 atom stereocenters. The van der Waals surface area contributed by atoms with Gasteiger partial charge in [0.15, 0.2) is 11.6 Å². The van der Waals surface area contributed by atoms with E-state index < -0.39 is 32.5 Å². The summed E-state index contributed by atoms with van der Waals surface area (Å²) in [6.45, 7) is 4.78. The smallest absolute Gasteiger partial charge is 0.744 e.